The summed E-state index contributed by atoms with van der Waals surface area (Å²) in [6.45, 7) is 2.44. The molecule has 0 atom stereocenters. The number of amides is 1. The summed E-state index contributed by atoms with van der Waals surface area (Å²) in [5.41, 5.74) is 1.48. The third kappa shape index (κ3) is 4.66. The zero-order valence-electron chi connectivity index (χ0n) is 14.8. The summed E-state index contributed by atoms with van der Waals surface area (Å²) < 4.78 is 0. The maximum Gasteiger partial charge on any atom is 0.269 e. The molecule has 1 amide bonds. The standard InChI is InChI=1S/C19H20N4O4/c24-18(15-2-1-9-20-14-15)7-8-19(25)22-12-10-21(11-13-22)16-3-5-17(6-4-16)23(26)27/h1-6,9,14H,7-8,10-13H2. The van der Waals surface area contributed by atoms with Crippen molar-refractivity contribution in [2.75, 3.05) is 31.1 Å². The summed E-state index contributed by atoms with van der Waals surface area (Å²) in [6, 6.07) is 9.81. The van der Waals surface area contributed by atoms with Crippen LogP contribution >= 0.6 is 0 Å². The van der Waals surface area contributed by atoms with Crippen LogP contribution in [0.25, 0.3) is 0 Å². The summed E-state index contributed by atoms with van der Waals surface area (Å²) in [7, 11) is 0. The van der Waals surface area contributed by atoms with Crippen molar-refractivity contribution in [2.45, 2.75) is 12.8 Å². The van der Waals surface area contributed by atoms with Crippen molar-refractivity contribution in [1.82, 2.24) is 9.88 Å². The van der Waals surface area contributed by atoms with Gasteiger partial charge in [-0.25, -0.2) is 0 Å². The van der Waals surface area contributed by atoms with Gasteiger partial charge in [-0.1, -0.05) is 0 Å². The topological polar surface area (TPSA) is 96.7 Å². The minimum atomic E-state index is -0.423. The van der Waals surface area contributed by atoms with E-state index >= 15 is 0 Å². The van der Waals surface area contributed by atoms with Crippen LogP contribution < -0.4 is 4.90 Å². The molecule has 0 N–H and O–H groups in total. The van der Waals surface area contributed by atoms with Gasteiger partial charge in [0.15, 0.2) is 5.78 Å². The first kappa shape index (κ1) is 18.5. The monoisotopic (exact) mass is 368 g/mol. The fourth-order valence-electron chi connectivity index (χ4n) is 3.05. The van der Waals surface area contributed by atoms with Gasteiger partial charge in [-0.15, -0.1) is 0 Å². The molecule has 1 aliphatic rings. The molecule has 2 aromatic rings. The Kier molecular flexibility index (Phi) is 5.75. The number of ketones is 1. The zero-order chi connectivity index (χ0) is 19.2. The predicted molar refractivity (Wildman–Crippen MR) is 99.7 cm³/mol. The molecule has 2 heterocycles. The maximum atomic E-state index is 12.4. The molecule has 0 unspecified atom stereocenters. The van der Waals surface area contributed by atoms with E-state index in [9.17, 15) is 19.7 Å². The number of carbonyl (C=O) groups is 2. The normalized spacial score (nSPS) is 14.1. The van der Waals surface area contributed by atoms with E-state index in [1.165, 1.54) is 18.3 Å². The van der Waals surface area contributed by atoms with Crippen LogP contribution in [0.15, 0.2) is 48.8 Å². The van der Waals surface area contributed by atoms with E-state index in [2.05, 4.69) is 9.88 Å². The van der Waals surface area contributed by atoms with Gasteiger partial charge in [0, 0.05) is 74.8 Å². The van der Waals surface area contributed by atoms with Crippen LogP contribution in [0.4, 0.5) is 11.4 Å². The van der Waals surface area contributed by atoms with E-state index in [1.807, 2.05) is 0 Å². The number of nitro groups is 1. The number of aromatic nitrogens is 1. The largest absolute Gasteiger partial charge is 0.368 e. The van der Waals surface area contributed by atoms with Gasteiger partial charge < -0.3 is 9.80 Å². The van der Waals surface area contributed by atoms with Crippen LogP contribution in [0.2, 0.25) is 0 Å². The molecule has 0 spiro atoms. The number of Topliss-reactive ketones (excluding diaryl/α,β-unsaturated/α-hetero) is 1. The van der Waals surface area contributed by atoms with E-state index in [1.54, 1.807) is 35.4 Å². The van der Waals surface area contributed by atoms with E-state index < -0.39 is 4.92 Å². The van der Waals surface area contributed by atoms with Crippen LogP contribution in [0, 0.1) is 10.1 Å². The molecular formula is C19H20N4O4. The minimum absolute atomic E-state index is 0.0319. The van der Waals surface area contributed by atoms with Gasteiger partial charge in [0.2, 0.25) is 5.91 Å². The number of rotatable bonds is 6. The molecule has 0 radical (unpaired) electrons. The van der Waals surface area contributed by atoms with Crippen molar-refractivity contribution in [1.29, 1.82) is 0 Å². The van der Waals surface area contributed by atoms with Gasteiger partial charge in [0.05, 0.1) is 4.92 Å². The summed E-state index contributed by atoms with van der Waals surface area (Å²) >= 11 is 0. The van der Waals surface area contributed by atoms with Gasteiger partial charge in [-0.2, -0.15) is 0 Å². The molecule has 3 rings (SSSR count). The molecule has 140 valence electrons. The van der Waals surface area contributed by atoms with Gasteiger partial charge >= 0.3 is 0 Å². The first-order valence-electron chi connectivity index (χ1n) is 8.75. The molecule has 1 aromatic heterocycles. The van der Waals surface area contributed by atoms with Gasteiger partial charge in [-0.05, 0) is 24.3 Å². The Balaban J connectivity index is 1.47. The van der Waals surface area contributed by atoms with Gasteiger partial charge in [0.25, 0.3) is 5.69 Å². The number of non-ortho nitro benzene ring substituents is 1. The Hall–Kier alpha value is -3.29. The van der Waals surface area contributed by atoms with Crippen molar-refractivity contribution in [2.24, 2.45) is 0 Å². The third-order valence-electron chi connectivity index (χ3n) is 4.61. The second-order valence-electron chi connectivity index (χ2n) is 6.31. The summed E-state index contributed by atoms with van der Waals surface area (Å²) in [4.78, 5) is 42.5. The average molecular weight is 368 g/mol. The average Bonchev–Trinajstić information content (AvgIpc) is 2.72. The number of piperazine rings is 1. The number of benzene rings is 1. The van der Waals surface area contributed by atoms with E-state index in [4.69, 9.17) is 0 Å². The molecule has 1 fully saturated rings. The van der Waals surface area contributed by atoms with E-state index in [-0.39, 0.29) is 30.2 Å². The molecule has 27 heavy (non-hydrogen) atoms. The van der Waals surface area contributed by atoms with Crippen LogP contribution in [0.3, 0.4) is 0 Å². The molecular weight excluding hydrogens is 348 g/mol. The second-order valence-corrected chi connectivity index (χ2v) is 6.31. The highest BCUT2D eigenvalue weighted by Crippen LogP contribution is 2.21. The minimum Gasteiger partial charge on any atom is -0.368 e. The zero-order valence-corrected chi connectivity index (χ0v) is 14.8. The SMILES string of the molecule is O=C(CCC(=O)N1CCN(c2ccc([N+](=O)[O-])cc2)CC1)c1cccnc1. The molecule has 1 aliphatic heterocycles. The number of pyridine rings is 1. The summed E-state index contributed by atoms with van der Waals surface area (Å²) in [5, 5.41) is 10.7. The lowest BCUT2D eigenvalue weighted by Crippen LogP contribution is -2.48. The van der Waals surface area contributed by atoms with Crippen LogP contribution in [0.5, 0.6) is 0 Å². The lowest BCUT2D eigenvalue weighted by Gasteiger charge is -2.36. The highest BCUT2D eigenvalue weighted by atomic mass is 16.6. The molecule has 0 bridgehead atoms. The van der Waals surface area contributed by atoms with Gasteiger partial charge in [0.1, 0.15) is 0 Å². The van der Waals surface area contributed by atoms with Crippen molar-refractivity contribution in [3.63, 3.8) is 0 Å². The lowest BCUT2D eigenvalue weighted by atomic mass is 10.1. The Morgan fingerprint density at radius 3 is 2.33 bits per heavy atom. The number of hydrogen-bond donors (Lipinski definition) is 0. The fraction of sp³-hybridized carbons (Fsp3) is 0.316. The number of nitro benzene ring substituents is 1. The lowest BCUT2D eigenvalue weighted by molar-refractivity contribution is -0.384. The molecule has 0 saturated carbocycles. The van der Waals surface area contributed by atoms with Crippen molar-refractivity contribution in [3.8, 4) is 0 Å². The molecule has 8 heteroatoms. The maximum absolute atomic E-state index is 12.4. The number of hydrogen-bond acceptors (Lipinski definition) is 6. The Bertz CT molecular complexity index is 815. The first-order chi connectivity index (χ1) is 13.0. The third-order valence-corrected chi connectivity index (χ3v) is 4.61. The van der Waals surface area contributed by atoms with Gasteiger partial charge in [-0.3, -0.25) is 24.7 Å². The Labute approximate surface area is 156 Å². The molecule has 0 aliphatic carbocycles. The predicted octanol–water partition coefficient (Wildman–Crippen LogP) is 2.30. The molecule has 1 aromatic carbocycles. The van der Waals surface area contributed by atoms with Crippen LogP contribution in [-0.4, -0.2) is 52.7 Å². The Morgan fingerprint density at radius 2 is 1.74 bits per heavy atom. The second kappa shape index (κ2) is 8.39. The van der Waals surface area contributed by atoms with E-state index in [0.717, 1.165) is 5.69 Å². The van der Waals surface area contributed by atoms with Crippen molar-refractivity contribution < 1.29 is 14.5 Å². The van der Waals surface area contributed by atoms with Crippen molar-refractivity contribution >= 4 is 23.1 Å². The summed E-state index contributed by atoms with van der Waals surface area (Å²) in [5.74, 6) is -0.114. The highest BCUT2D eigenvalue weighted by molar-refractivity contribution is 5.97. The number of nitrogens with zero attached hydrogens (tertiary/aromatic N) is 4. The Morgan fingerprint density at radius 1 is 1.04 bits per heavy atom. The highest BCUT2D eigenvalue weighted by Gasteiger charge is 2.22. The molecule has 1 saturated heterocycles. The van der Waals surface area contributed by atoms with Crippen LogP contribution in [-0.2, 0) is 4.79 Å². The van der Waals surface area contributed by atoms with Crippen molar-refractivity contribution in [3.05, 3.63) is 64.5 Å². The smallest absolute Gasteiger partial charge is 0.269 e. The number of carbonyl (C=O) groups excluding carboxylic acids is 2. The molecule has 8 nitrogen and oxygen atoms in total. The fourth-order valence-corrected chi connectivity index (χ4v) is 3.05. The van der Waals surface area contributed by atoms with E-state index in [0.29, 0.717) is 31.7 Å². The number of anilines is 1. The van der Waals surface area contributed by atoms with Crippen LogP contribution in [0.1, 0.15) is 23.2 Å². The first-order valence-corrected chi connectivity index (χ1v) is 8.75. The summed E-state index contributed by atoms with van der Waals surface area (Å²) in [6.07, 6.45) is 3.47. The quantitative estimate of drug-likeness (QED) is 0.441.